The summed E-state index contributed by atoms with van der Waals surface area (Å²) < 4.78 is 51.2. The van der Waals surface area contributed by atoms with Gasteiger partial charge in [0, 0.05) is 25.2 Å². The van der Waals surface area contributed by atoms with E-state index in [4.69, 9.17) is 14.2 Å². The maximum atomic E-state index is 10.4. The van der Waals surface area contributed by atoms with E-state index in [9.17, 15) is 13.0 Å². The van der Waals surface area contributed by atoms with Crippen molar-refractivity contribution < 1.29 is 31.7 Å². The van der Waals surface area contributed by atoms with Crippen LogP contribution in [0.5, 0.6) is 0 Å². The first-order valence-corrected chi connectivity index (χ1v) is 21.1. The average molecular weight is 704 g/mol. The lowest BCUT2D eigenvalue weighted by Crippen LogP contribution is -2.32. The van der Waals surface area contributed by atoms with Crippen molar-refractivity contribution in [2.24, 2.45) is 0 Å². The van der Waals surface area contributed by atoms with Gasteiger partial charge in [-0.2, -0.15) is 0 Å². The molecule has 2 heterocycles. The van der Waals surface area contributed by atoms with Gasteiger partial charge in [-0.05, 0) is 44.7 Å². The Bertz CT molecular complexity index is 1130. The molecular weight excluding hydrogens is 635 g/mol. The summed E-state index contributed by atoms with van der Waals surface area (Å²) in [4.78, 5) is -0.178. The Kier molecular flexibility index (Phi) is 25.5. The predicted molar refractivity (Wildman–Crippen MR) is 198 cm³/mol. The highest BCUT2D eigenvalue weighted by Crippen LogP contribution is 2.19. The topological polar surface area (TPSA) is 88.8 Å². The highest BCUT2D eigenvalue weighted by Gasteiger charge is 2.25. The zero-order valence-electron chi connectivity index (χ0n) is 31.0. The van der Waals surface area contributed by atoms with E-state index in [1.807, 2.05) is 6.92 Å². The molecule has 2 aromatic rings. The minimum Gasteiger partial charge on any atom is -0.744 e. The van der Waals surface area contributed by atoms with Crippen molar-refractivity contribution >= 4 is 10.1 Å². The zero-order valence-corrected chi connectivity index (χ0v) is 31.9. The van der Waals surface area contributed by atoms with Crippen LogP contribution in [-0.4, -0.2) is 45.2 Å². The summed E-state index contributed by atoms with van der Waals surface area (Å²) >= 11 is 0. The van der Waals surface area contributed by atoms with Gasteiger partial charge in [-0.3, -0.25) is 0 Å². The standard InChI is InChI=1S/C34H62NO3.C7H8O3S/c1-2-3-4-5-6-7-8-9-10-11-12-13-14-15-16-17-21-26-34-37-32-33(38-34)31-36-30-25-19-18-22-27-35-28-23-20-24-29-35;1-6-2-4-7(5-3-6)11(8,9)10/h20,23-24,28-29,33-34H,2-19,21-22,25-27,30-32H2,1H3;2-5H,1H3,(H,8,9,10)/q+1;/p-1/t33-,34-;/m1./s1. The van der Waals surface area contributed by atoms with Crippen molar-refractivity contribution in [3.8, 4) is 0 Å². The molecule has 0 aliphatic carbocycles. The summed E-state index contributed by atoms with van der Waals surface area (Å²) in [5, 5.41) is 0. The van der Waals surface area contributed by atoms with Crippen molar-refractivity contribution in [2.75, 3.05) is 19.8 Å². The summed E-state index contributed by atoms with van der Waals surface area (Å²) in [6.07, 6.45) is 34.3. The molecule has 1 aromatic heterocycles. The average Bonchev–Trinajstić information content (AvgIpc) is 3.55. The minimum atomic E-state index is -4.27. The number of unbranched alkanes of at least 4 members (excludes halogenated alkanes) is 19. The summed E-state index contributed by atoms with van der Waals surface area (Å²) in [5.74, 6) is 0. The van der Waals surface area contributed by atoms with Crippen molar-refractivity contribution in [2.45, 2.75) is 179 Å². The first-order valence-electron chi connectivity index (χ1n) is 19.7. The number of aryl methyl sites for hydroxylation is 2. The van der Waals surface area contributed by atoms with Crippen molar-refractivity contribution in [3.63, 3.8) is 0 Å². The van der Waals surface area contributed by atoms with Gasteiger partial charge in [-0.1, -0.05) is 140 Å². The first-order chi connectivity index (χ1) is 23.9. The van der Waals surface area contributed by atoms with Crippen LogP contribution in [0, 0.1) is 6.92 Å². The Hall–Kier alpha value is -1.84. The molecule has 49 heavy (non-hydrogen) atoms. The second-order valence-electron chi connectivity index (χ2n) is 13.8. The van der Waals surface area contributed by atoms with E-state index in [-0.39, 0.29) is 17.3 Å². The first kappa shape index (κ1) is 43.3. The third-order valence-electron chi connectivity index (χ3n) is 9.20. The summed E-state index contributed by atoms with van der Waals surface area (Å²) in [7, 11) is -4.27. The number of benzene rings is 1. The van der Waals surface area contributed by atoms with Crippen LogP contribution >= 0.6 is 0 Å². The van der Waals surface area contributed by atoms with E-state index in [0.29, 0.717) is 13.2 Å². The number of hydrogen-bond donors (Lipinski definition) is 0. The predicted octanol–water partition coefficient (Wildman–Crippen LogP) is 10.2. The van der Waals surface area contributed by atoms with E-state index in [0.717, 1.165) is 31.6 Å². The van der Waals surface area contributed by atoms with Crippen molar-refractivity contribution in [1.82, 2.24) is 0 Å². The normalized spacial score (nSPS) is 16.1. The van der Waals surface area contributed by atoms with Crippen LogP contribution in [0.15, 0.2) is 59.8 Å². The van der Waals surface area contributed by atoms with E-state index in [1.54, 1.807) is 12.1 Å². The lowest BCUT2D eigenvalue weighted by Gasteiger charge is -2.12. The molecule has 0 saturated carbocycles. The fourth-order valence-corrected chi connectivity index (χ4v) is 6.61. The van der Waals surface area contributed by atoms with Gasteiger partial charge in [0.2, 0.25) is 0 Å². The monoisotopic (exact) mass is 703 g/mol. The third-order valence-corrected chi connectivity index (χ3v) is 10.1. The van der Waals surface area contributed by atoms with Gasteiger partial charge >= 0.3 is 0 Å². The highest BCUT2D eigenvalue weighted by molar-refractivity contribution is 7.85. The zero-order chi connectivity index (χ0) is 35.3. The van der Waals surface area contributed by atoms with Crippen LogP contribution in [0.4, 0.5) is 0 Å². The number of hydrogen-bond acceptors (Lipinski definition) is 6. The molecule has 1 aromatic carbocycles. The maximum Gasteiger partial charge on any atom is 0.168 e. The second-order valence-corrected chi connectivity index (χ2v) is 15.2. The molecule has 0 amide bonds. The molecule has 1 fully saturated rings. The molecule has 2 atom stereocenters. The molecule has 1 saturated heterocycles. The minimum absolute atomic E-state index is 0.00423. The number of pyridine rings is 1. The van der Waals surface area contributed by atoms with E-state index >= 15 is 0 Å². The summed E-state index contributed by atoms with van der Waals surface area (Å²) in [6, 6.07) is 12.0. The van der Waals surface area contributed by atoms with E-state index < -0.39 is 10.1 Å². The van der Waals surface area contributed by atoms with Gasteiger partial charge in [-0.25, -0.2) is 13.0 Å². The van der Waals surface area contributed by atoms with Gasteiger partial charge < -0.3 is 18.8 Å². The van der Waals surface area contributed by atoms with Crippen molar-refractivity contribution in [3.05, 3.63) is 60.4 Å². The Morgan fingerprint density at radius 2 is 1.22 bits per heavy atom. The second kappa shape index (κ2) is 28.8. The number of rotatable bonds is 28. The largest absolute Gasteiger partial charge is 0.744 e. The number of nitrogens with zero attached hydrogens (tertiary/aromatic N) is 1. The molecule has 280 valence electrons. The quantitative estimate of drug-likeness (QED) is 0.0498. The Morgan fingerprint density at radius 3 is 1.78 bits per heavy atom. The molecule has 0 radical (unpaired) electrons. The molecule has 0 spiro atoms. The van der Waals surface area contributed by atoms with Gasteiger partial charge in [0.1, 0.15) is 22.8 Å². The lowest BCUT2D eigenvalue weighted by atomic mass is 10.0. The number of aromatic nitrogens is 1. The molecule has 8 heteroatoms. The molecule has 1 aliphatic heterocycles. The van der Waals surface area contributed by atoms with E-state index in [1.165, 1.54) is 141 Å². The SMILES string of the molecule is CCCCCCCCCCCCCCCCCCC[C@@H]1OC[C@@H](COCCCCCC[n+]2ccccc2)O1.Cc1ccc(S(=O)(=O)[O-])cc1. The Balaban J connectivity index is 0.000000639. The van der Waals surface area contributed by atoms with E-state index in [2.05, 4.69) is 42.1 Å². The van der Waals surface area contributed by atoms with Crippen LogP contribution in [0.3, 0.4) is 0 Å². The molecule has 0 unspecified atom stereocenters. The highest BCUT2D eigenvalue weighted by atomic mass is 32.2. The molecule has 0 N–H and O–H groups in total. The fourth-order valence-electron chi connectivity index (χ4n) is 6.14. The number of ether oxygens (including phenoxy) is 3. The van der Waals surface area contributed by atoms with Crippen LogP contribution in [0.1, 0.15) is 154 Å². The fraction of sp³-hybridized carbons (Fsp3) is 0.732. The maximum absolute atomic E-state index is 10.4. The third kappa shape index (κ3) is 24.1. The Morgan fingerprint density at radius 1 is 0.714 bits per heavy atom. The molecule has 7 nitrogen and oxygen atoms in total. The van der Waals surface area contributed by atoms with Gasteiger partial charge in [0.05, 0.1) is 18.1 Å². The smallest absolute Gasteiger partial charge is 0.168 e. The summed E-state index contributed by atoms with van der Waals surface area (Å²) in [6.45, 7) is 7.43. The van der Waals surface area contributed by atoms with Crippen LogP contribution in [0.25, 0.3) is 0 Å². The molecule has 0 bridgehead atoms. The molecule has 3 rings (SSSR count). The van der Waals surface area contributed by atoms with Crippen LogP contribution in [0.2, 0.25) is 0 Å². The summed E-state index contributed by atoms with van der Waals surface area (Å²) in [5.41, 5.74) is 0.928. The van der Waals surface area contributed by atoms with Gasteiger partial charge in [0.25, 0.3) is 0 Å². The van der Waals surface area contributed by atoms with Crippen molar-refractivity contribution in [1.29, 1.82) is 0 Å². The van der Waals surface area contributed by atoms with Crippen LogP contribution < -0.4 is 4.57 Å². The lowest BCUT2D eigenvalue weighted by molar-refractivity contribution is -0.697. The van der Waals surface area contributed by atoms with Crippen LogP contribution in [-0.2, 0) is 30.9 Å². The van der Waals surface area contributed by atoms with Gasteiger partial charge in [-0.15, -0.1) is 0 Å². The molecule has 1 aliphatic rings. The Labute approximate surface area is 300 Å². The van der Waals surface area contributed by atoms with Gasteiger partial charge in [0.15, 0.2) is 18.7 Å². The molecular formula is C41H69NO6S.